The first-order valence-electron chi connectivity index (χ1n) is 22.1. The van der Waals surface area contributed by atoms with Crippen LogP contribution < -0.4 is 79.6 Å². The third kappa shape index (κ3) is 20.3. The number of nitrogens with one attached hydrogen (secondary N) is 2. The molecule has 68 heavy (non-hydrogen) atoms. The Morgan fingerprint density at radius 1 is 0.618 bits per heavy atom. The van der Waals surface area contributed by atoms with E-state index >= 15 is 0 Å². The predicted molar refractivity (Wildman–Crippen MR) is 248 cm³/mol. The van der Waals surface area contributed by atoms with Crippen LogP contribution in [0.4, 0.5) is 40.3 Å². The van der Waals surface area contributed by atoms with Crippen molar-refractivity contribution in [2.75, 3.05) is 50.2 Å². The molecule has 356 valence electrons. The van der Waals surface area contributed by atoms with Crippen LogP contribution in [-0.2, 0) is 29.7 Å². The zero-order valence-corrected chi connectivity index (χ0v) is 44.9. The molecule has 0 spiro atoms. The molecule has 0 unspecified atom stereocenters. The van der Waals surface area contributed by atoms with E-state index < -0.39 is 41.5 Å². The van der Waals surface area contributed by atoms with Crippen molar-refractivity contribution < 1.29 is 104 Å². The monoisotopic (exact) mass is 993 g/mol. The summed E-state index contributed by atoms with van der Waals surface area (Å²) in [5.74, 6) is -0.378. The number of benzene rings is 4. The van der Waals surface area contributed by atoms with Crippen molar-refractivity contribution >= 4 is 71.3 Å². The number of hydrogen-bond donors (Lipinski definition) is 3. The molecule has 0 saturated heterocycles. The Labute approximate surface area is 442 Å². The average Bonchev–Trinajstić information content (AvgIpc) is 3.29. The van der Waals surface area contributed by atoms with Crippen molar-refractivity contribution in [3.8, 4) is 11.8 Å². The van der Waals surface area contributed by atoms with E-state index in [-0.39, 0.29) is 101 Å². The molecule has 3 N–H and O–H groups in total. The number of unbranched alkanes of at least 4 members (excludes halogenated alkanes) is 10. The molecule has 0 aliphatic heterocycles. The SMILES string of the molecule is CCCCCCCCCCCCNc1nc(Nc2ccc3c([O-])c(N=Nc4ccc(N=Nc5ccc(S(=O)(=O)[O-])cc5)cc4)c(S(=O)(=O)O)cc3c2)nc(OCCOCCOCCCC)n1.[Na+].[Na+]. The first-order chi connectivity index (χ1) is 31.8. The van der Waals surface area contributed by atoms with Gasteiger partial charge in [0.1, 0.15) is 21.6 Å². The molecule has 0 amide bonds. The number of aromatic nitrogens is 3. The van der Waals surface area contributed by atoms with Crippen LogP contribution in [0.15, 0.2) is 103 Å². The smallest absolute Gasteiger partial charge is 0.871 e. The molecule has 0 bridgehead atoms. The van der Waals surface area contributed by atoms with E-state index in [1.807, 2.05) is 0 Å². The fourth-order valence-corrected chi connectivity index (χ4v) is 7.58. The zero-order valence-electron chi connectivity index (χ0n) is 39.2. The summed E-state index contributed by atoms with van der Waals surface area (Å²) in [6, 6.07) is 16.7. The minimum absolute atomic E-state index is 0. The summed E-state index contributed by atoms with van der Waals surface area (Å²) in [5.41, 5.74) is 0.686. The van der Waals surface area contributed by atoms with Crippen LogP contribution in [0.25, 0.3) is 10.8 Å². The van der Waals surface area contributed by atoms with Crippen LogP contribution in [0.5, 0.6) is 11.8 Å². The van der Waals surface area contributed by atoms with E-state index in [0.717, 1.165) is 50.3 Å². The molecule has 19 nitrogen and oxygen atoms in total. The van der Waals surface area contributed by atoms with Gasteiger partial charge in [-0.1, -0.05) is 89.9 Å². The maximum Gasteiger partial charge on any atom is 1.00 e. The van der Waals surface area contributed by atoms with E-state index in [4.69, 9.17) is 14.2 Å². The number of nitrogens with zero attached hydrogens (tertiary/aromatic N) is 7. The fourth-order valence-electron chi connectivity index (χ4n) is 6.45. The van der Waals surface area contributed by atoms with Crippen LogP contribution in [-0.4, -0.2) is 80.5 Å². The number of ether oxygens (including phenoxy) is 3. The van der Waals surface area contributed by atoms with Crippen molar-refractivity contribution in [1.29, 1.82) is 0 Å². The summed E-state index contributed by atoms with van der Waals surface area (Å²) in [6.07, 6.45) is 14.1. The van der Waals surface area contributed by atoms with Crippen LogP contribution in [0.2, 0.25) is 0 Å². The number of azo groups is 2. The standard InChI is InChI=1S/C45H59N9O10S2.2Na/c1-3-5-7-8-9-10-11-12-13-14-25-46-43-48-44(50-45(49-43)64-30-29-63-28-27-62-26-6-4-2)47-37-21-24-39-33(31-37)32-40(66(59,60)61)41(42(39)55)54-53-35-17-15-34(16-18-35)51-52-36-19-22-38(23-20-36)65(56,57)58;;/h15-24,31-32,55H,3-14,25-30H2,1-2H3,(H,56,57,58)(H,59,60,61)(H2,46,47,48,49,50);;/q;2*+1/p-2. The number of fused-ring (bicyclic) bond motifs is 1. The van der Waals surface area contributed by atoms with E-state index in [2.05, 4.69) is 59.9 Å². The van der Waals surface area contributed by atoms with Crippen molar-refractivity contribution in [2.24, 2.45) is 20.5 Å². The topological polar surface area (TPSA) is 274 Å². The first-order valence-corrected chi connectivity index (χ1v) is 25.0. The van der Waals surface area contributed by atoms with Crippen LogP contribution in [0.1, 0.15) is 90.9 Å². The van der Waals surface area contributed by atoms with Gasteiger partial charge in [0.05, 0.1) is 47.5 Å². The van der Waals surface area contributed by atoms with Gasteiger partial charge >= 0.3 is 65.1 Å². The second-order valence-corrected chi connectivity index (χ2v) is 18.0. The summed E-state index contributed by atoms with van der Waals surface area (Å²) in [6.45, 7) is 7.02. The Bertz CT molecular complexity index is 2600. The van der Waals surface area contributed by atoms with Gasteiger partial charge in [0.2, 0.25) is 11.9 Å². The molecule has 23 heteroatoms. The quantitative estimate of drug-likeness (QED) is 0.0249. The minimum atomic E-state index is -4.96. The molecule has 5 rings (SSSR count). The molecule has 0 saturated carbocycles. The van der Waals surface area contributed by atoms with Crippen LogP contribution in [0.3, 0.4) is 0 Å². The molecule has 4 aromatic carbocycles. The maximum absolute atomic E-state index is 13.7. The van der Waals surface area contributed by atoms with Gasteiger partial charge in [0.15, 0.2) is 0 Å². The third-order valence-corrected chi connectivity index (χ3v) is 11.7. The van der Waals surface area contributed by atoms with Crippen molar-refractivity contribution in [2.45, 2.75) is 101 Å². The molecule has 5 aromatic rings. The fraction of sp³-hybridized carbons (Fsp3) is 0.444. The van der Waals surface area contributed by atoms with Gasteiger partial charge in [-0.15, -0.1) is 5.11 Å². The van der Waals surface area contributed by atoms with Gasteiger partial charge in [-0.05, 0) is 90.3 Å². The Morgan fingerprint density at radius 3 is 1.74 bits per heavy atom. The second-order valence-electron chi connectivity index (χ2n) is 15.3. The third-order valence-electron chi connectivity index (χ3n) is 9.99. The van der Waals surface area contributed by atoms with Crippen molar-refractivity contribution in [3.63, 3.8) is 0 Å². The predicted octanol–water partition coefficient (Wildman–Crippen LogP) is 4.38. The van der Waals surface area contributed by atoms with Gasteiger partial charge in [-0.3, -0.25) is 4.55 Å². The molecule has 0 radical (unpaired) electrons. The Hall–Kier alpha value is -3.71. The summed E-state index contributed by atoms with van der Waals surface area (Å²) >= 11 is 0. The summed E-state index contributed by atoms with van der Waals surface area (Å²) in [5, 5.41) is 36.4. The Kier molecular flexibility index (Phi) is 26.5. The number of anilines is 3. The summed E-state index contributed by atoms with van der Waals surface area (Å²) < 4.78 is 85.8. The van der Waals surface area contributed by atoms with Crippen molar-refractivity contribution in [1.82, 2.24) is 15.0 Å². The van der Waals surface area contributed by atoms with E-state index in [1.165, 1.54) is 93.5 Å². The summed E-state index contributed by atoms with van der Waals surface area (Å²) in [7, 11) is -9.55. The van der Waals surface area contributed by atoms with E-state index in [1.54, 1.807) is 6.07 Å². The first kappa shape index (κ1) is 58.6. The van der Waals surface area contributed by atoms with Gasteiger partial charge < -0.3 is 34.5 Å². The zero-order chi connectivity index (χ0) is 47.2. The van der Waals surface area contributed by atoms with Gasteiger partial charge in [0.25, 0.3) is 10.1 Å². The molecule has 0 atom stereocenters. The Morgan fingerprint density at radius 2 is 1.15 bits per heavy atom. The molecule has 0 aliphatic rings. The maximum atomic E-state index is 13.7. The summed E-state index contributed by atoms with van der Waals surface area (Å²) in [4.78, 5) is 12.3. The second kappa shape index (κ2) is 30.8. The number of hydrogen-bond acceptors (Lipinski definition) is 18. The van der Waals surface area contributed by atoms with Crippen molar-refractivity contribution in [3.05, 3.63) is 72.8 Å². The normalized spacial score (nSPS) is 11.8. The Balaban J connectivity index is 0.00000612. The van der Waals surface area contributed by atoms with Crippen LogP contribution in [0, 0.1) is 0 Å². The molecule has 0 fully saturated rings. The molecular weight excluding hydrogens is 937 g/mol. The largest absolute Gasteiger partial charge is 1.00 e. The average molecular weight is 994 g/mol. The van der Waals surface area contributed by atoms with Crippen LogP contribution >= 0.6 is 0 Å². The molecule has 1 aromatic heterocycles. The minimum Gasteiger partial charge on any atom is -0.871 e. The molecule has 0 aliphatic carbocycles. The van der Waals surface area contributed by atoms with Gasteiger partial charge in [-0.2, -0.15) is 38.7 Å². The van der Waals surface area contributed by atoms with E-state index in [0.29, 0.717) is 49.4 Å². The number of rotatable bonds is 30. The molecular formula is C45H57N9Na2O10S2. The van der Waals surface area contributed by atoms with E-state index in [9.17, 15) is 31.0 Å². The van der Waals surface area contributed by atoms with Gasteiger partial charge in [-0.25, -0.2) is 8.42 Å². The molecule has 1 heterocycles. The van der Waals surface area contributed by atoms with Gasteiger partial charge in [0, 0.05) is 18.8 Å².